The molecule has 0 aromatic heterocycles. The minimum Gasteiger partial charge on any atom is -0.489 e. The molecule has 4 aromatic rings. The van der Waals surface area contributed by atoms with Gasteiger partial charge in [0.1, 0.15) is 24.4 Å². The molecule has 1 aliphatic heterocycles. The number of aryl methyl sites for hydroxylation is 2. The first-order valence-corrected chi connectivity index (χ1v) is 27.9. The van der Waals surface area contributed by atoms with E-state index in [1.807, 2.05) is 63.2 Å². The van der Waals surface area contributed by atoms with Crippen LogP contribution >= 0.6 is 0 Å². The SMILES string of the molecule is CN[C@@H](C)C(=O)N[C@H](C(=O)N1C[C@@H](NC(=O)c2ccc(COc3ccc(CN(NC(=O)[C@H](C)NC)C(=O)[C@H]4CCC[C@@H]4C(=O)N[C@@H]4CCCc5ccccc54)cc3)cc2)CC1C(=O)N[C@@H]1CCCc2ccccc21)C(C)(C)C. The number of benzene rings is 4. The summed E-state index contributed by atoms with van der Waals surface area (Å²) in [5.74, 6) is -2.72. The second-order valence-electron chi connectivity index (χ2n) is 22.7. The van der Waals surface area contributed by atoms with Crippen molar-refractivity contribution in [3.8, 4) is 5.75 Å². The third kappa shape index (κ3) is 13.8. The monoisotopic (exact) mass is 1070 g/mol. The van der Waals surface area contributed by atoms with Crippen molar-refractivity contribution in [2.75, 3.05) is 20.6 Å². The van der Waals surface area contributed by atoms with Crippen molar-refractivity contribution >= 4 is 41.4 Å². The fraction of sp³-hybridized carbons (Fsp3) is 0.492. The van der Waals surface area contributed by atoms with E-state index in [9.17, 15) is 33.6 Å². The fourth-order valence-corrected chi connectivity index (χ4v) is 11.4. The van der Waals surface area contributed by atoms with E-state index in [-0.39, 0.29) is 73.6 Å². The smallest absolute Gasteiger partial charge is 0.255 e. The van der Waals surface area contributed by atoms with Crippen molar-refractivity contribution in [2.24, 2.45) is 17.3 Å². The molecule has 9 atom stereocenters. The van der Waals surface area contributed by atoms with Gasteiger partial charge in [-0.2, -0.15) is 0 Å². The molecule has 1 saturated heterocycles. The summed E-state index contributed by atoms with van der Waals surface area (Å²) in [6.07, 6.45) is 7.47. The molecule has 3 aliphatic carbocycles. The first-order valence-electron chi connectivity index (χ1n) is 27.9. The van der Waals surface area contributed by atoms with Crippen LogP contribution in [0.15, 0.2) is 97.1 Å². The zero-order valence-electron chi connectivity index (χ0n) is 46.3. The zero-order valence-corrected chi connectivity index (χ0v) is 46.3. The Hall–Kier alpha value is -7.11. The van der Waals surface area contributed by atoms with E-state index < -0.39 is 53.4 Å². The van der Waals surface area contributed by atoms with Gasteiger partial charge in [0.25, 0.3) is 11.8 Å². The highest BCUT2D eigenvalue weighted by atomic mass is 16.5. The molecule has 416 valence electrons. The van der Waals surface area contributed by atoms with Crippen LogP contribution in [0, 0.1) is 17.3 Å². The second kappa shape index (κ2) is 25.6. The molecule has 7 N–H and O–H groups in total. The highest BCUT2D eigenvalue weighted by Gasteiger charge is 2.46. The molecule has 4 aliphatic rings. The van der Waals surface area contributed by atoms with E-state index in [0.29, 0.717) is 24.2 Å². The number of nitrogens with one attached hydrogen (secondary N) is 7. The van der Waals surface area contributed by atoms with E-state index in [2.05, 4.69) is 55.5 Å². The van der Waals surface area contributed by atoms with Gasteiger partial charge in [-0.15, -0.1) is 0 Å². The number of carbonyl (C=O) groups excluding carboxylic acids is 7. The molecule has 2 fully saturated rings. The molecule has 1 heterocycles. The van der Waals surface area contributed by atoms with E-state index >= 15 is 0 Å². The Morgan fingerprint density at radius 2 is 1.22 bits per heavy atom. The van der Waals surface area contributed by atoms with Crippen LogP contribution in [0.2, 0.25) is 0 Å². The normalized spacial score (nSPS) is 21.9. The maximum atomic E-state index is 14.6. The quantitative estimate of drug-likeness (QED) is 0.0588. The van der Waals surface area contributed by atoms with Crippen molar-refractivity contribution in [3.05, 3.63) is 136 Å². The molecular formula is C61H79N9O8. The minimum absolute atomic E-state index is 0.0768. The number of ether oxygens (including phenoxy) is 1. The Kier molecular flexibility index (Phi) is 18.7. The highest BCUT2D eigenvalue weighted by Crippen LogP contribution is 2.37. The van der Waals surface area contributed by atoms with Gasteiger partial charge < -0.3 is 41.5 Å². The number of amides is 7. The lowest BCUT2D eigenvalue weighted by molar-refractivity contribution is -0.148. The Balaban J connectivity index is 0.886. The number of fused-ring (bicyclic) bond motifs is 2. The predicted molar refractivity (Wildman–Crippen MR) is 297 cm³/mol. The first kappa shape index (κ1) is 57.1. The number of likely N-dealkylation sites (N-methyl/N-ethyl adjacent to an activating group) is 2. The lowest BCUT2D eigenvalue weighted by Gasteiger charge is -2.36. The van der Waals surface area contributed by atoms with Crippen molar-refractivity contribution < 1.29 is 38.3 Å². The van der Waals surface area contributed by atoms with E-state index in [4.69, 9.17) is 4.74 Å². The second-order valence-corrected chi connectivity index (χ2v) is 22.7. The van der Waals surface area contributed by atoms with Gasteiger partial charge in [0.15, 0.2) is 0 Å². The minimum atomic E-state index is -0.941. The maximum absolute atomic E-state index is 14.6. The van der Waals surface area contributed by atoms with E-state index in [1.54, 1.807) is 64.3 Å². The van der Waals surface area contributed by atoms with Crippen LogP contribution in [0.1, 0.15) is 142 Å². The van der Waals surface area contributed by atoms with E-state index in [1.165, 1.54) is 21.0 Å². The average Bonchev–Trinajstić information content (AvgIpc) is 4.12. The average molecular weight is 1070 g/mol. The predicted octanol–water partition coefficient (Wildman–Crippen LogP) is 5.88. The van der Waals surface area contributed by atoms with Crippen LogP contribution < -0.4 is 42.1 Å². The molecule has 0 bridgehead atoms. The summed E-state index contributed by atoms with van der Waals surface area (Å²) in [6.45, 7) is 9.39. The summed E-state index contributed by atoms with van der Waals surface area (Å²) in [4.78, 5) is 98.9. The van der Waals surface area contributed by atoms with Crippen molar-refractivity contribution in [1.29, 1.82) is 0 Å². The topological polar surface area (TPSA) is 219 Å². The highest BCUT2D eigenvalue weighted by molar-refractivity contribution is 5.96. The molecule has 17 heteroatoms. The zero-order chi connectivity index (χ0) is 55.7. The summed E-state index contributed by atoms with van der Waals surface area (Å²) in [7, 11) is 3.35. The van der Waals surface area contributed by atoms with Gasteiger partial charge in [-0.1, -0.05) is 100.0 Å². The van der Waals surface area contributed by atoms with Crippen LogP contribution in [0.4, 0.5) is 0 Å². The third-order valence-corrected chi connectivity index (χ3v) is 16.2. The van der Waals surface area contributed by atoms with Crippen LogP contribution in [-0.4, -0.2) is 102 Å². The van der Waals surface area contributed by atoms with Gasteiger partial charge in [0, 0.05) is 24.1 Å². The summed E-state index contributed by atoms with van der Waals surface area (Å²) in [5.41, 5.74) is 8.72. The molecule has 0 radical (unpaired) electrons. The molecule has 1 saturated carbocycles. The number of carbonyl (C=O) groups is 7. The molecular weight excluding hydrogens is 987 g/mol. The Morgan fingerprint density at radius 1 is 0.654 bits per heavy atom. The molecule has 78 heavy (non-hydrogen) atoms. The third-order valence-electron chi connectivity index (χ3n) is 16.2. The van der Waals surface area contributed by atoms with Gasteiger partial charge >= 0.3 is 0 Å². The van der Waals surface area contributed by atoms with Crippen molar-refractivity contribution in [1.82, 2.24) is 47.2 Å². The number of hydrazine groups is 1. The fourth-order valence-electron chi connectivity index (χ4n) is 11.4. The summed E-state index contributed by atoms with van der Waals surface area (Å²) in [6, 6.07) is 26.7. The lowest BCUT2D eigenvalue weighted by atomic mass is 9.85. The molecule has 8 rings (SSSR count). The molecule has 1 unspecified atom stereocenters. The van der Waals surface area contributed by atoms with Crippen molar-refractivity contribution in [3.63, 3.8) is 0 Å². The van der Waals surface area contributed by atoms with Gasteiger partial charge in [-0.3, -0.25) is 39.0 Å². The Labute approximate surface area is 459 Å². The van der Waals surface area contributed by atoms with Crippen molar-refractivity contribution in [2.45, 2.75) is 154 Å². The van der Waals surface area contributed by atoms with Gasteiger partial charge in [-0.25, -0.2) is 5.01 Å². The Bertz CT molecular complexity index is 2800. The van der Waals surface area contributed by atoms with Crippen LogP contribution in [0.5, 0.6) is 5.75 Å². The molecule has 17 nitrogen and oxygen atoms in total. The summed E-state index contributed by atoms with van der Waals surface area (Å²) >= 11 is 0. The largest absolute Gasteiger partial charge is 0.489 e. The van der Waals surface area contributed by atoms with Crippen LogP contribution in [0.25, 0.3) is 0 Å². The van der Waals surface area contributed by atoms with Gasteiger partial charge in [0.05, 0.1) is 36.6 Å². The number of nitrogens with zero attached hydrogens (tertiary/aromatic N) is 2. The molecule has 7 amide bonds. The number of hydrogen-bond donors (Lipinski definition) is 7. The standard InChI is InChI=1S/C61H79N9O8/c1-37(62-6)54(71)67-53(61(3,4)5)60(77)69-35-44(33-52(69)58(75)66-51-24-13-18-42-16-9-11-20-47(42)51)64-56(73)43-29-25-40(26-30-43)36-78-45-31-27-39(28-32-45)34-70(68-55(72)38(2)63-7)59(76)49-22-14-21-48(49)57(74)65-50-23-12-17-41-15-8-10-19-46(41)50/h8-11,15-16,19-20,25-32,37-38,44,48-53,62-63H,12-14,17-18,21-24,33-36H2,1-7H3,(H,64,73)(H,65,74)(H,66,75)(H,67,71)(H,68,72)/t37-,38-,44-,48-,49-,50+,51+,52?,53+/m0/s1. The van der Waals surface area contributed by atoms with Crippen LogP contribution in [-0.2, 0) is 54.8 Å². The summed E-state index contributed by atoms with van der Waals surface area (Å²) < 4.78 is 6.14. The lowest BCUT2D eigenvalue weighted by Crippen LogP contribution is -2.59. The first-order chi connectivity index (χ1) is 37.4. The Morgan fingerprint density at radius 3 is 1.82 bits per heavy atom. The van der Waals surface area contributed by atoms with Gasteiger partial charge in [-0.05, 0) is 149 Å². The maximum Gasteiger partial charge on any atom is 0.255 e. The van der Waals surface area contributed by atoms with Crippen LogP contribution in [0.3, 0.4) is 0 Å². The van der Waals surface area contributed by atoms with Gasteiger partial charge in [0.2, 0.25) is 29.5 Å². The number of rotatable bonds is 18. The number of hydrogen-bond acceptors (Lipinski definition) is 10. The molecule has 4 aromatic carbocycles. The van der Waals surface area contributed by atoms with E-state index in [0.717, 1.165) is 67.2 Å². The summed E-state index contributed by atoms with van der Waals surface area (Å²) in [5, 5.41) is 19.7. The molecule has 0 spiro atoms. The number of likely N-dealkylation sites (tertiary alicyclic amines) is 1.